The third-order valence-corrected chi connectivity index (χ3v) is 4.41. The lowest BCUT2D eigenvalue weighted by Crippen LogP contribution is -2.28. The Bertz CT molecular complexity index is 1060. The number of ketones is 1. The van der Waals surface area contributed by atoms with Crippen molar-refractivity contribution in [2.75, 3.05) is 5.32 Å². The van der Waals surface area contributed by atoms with E-state index in [0.29, 0.717) is 28.3 Å². The van der Waals surface area contributed by atoms with Gasteiger partial charge >= 0.3 is 0 Å². The van der Waals surface area contributed by atoms with Crippen molar-refractivity contribution in [3.8, 4) is 0 Å². The Hall–Kier alpha value is -3.88. The lowest BCUT2D eigenvalue weighted by Gasteiger charge is -2.27. The number of fused-ring (bicyclic) bond motifs is 1. The Morgan fingerprint density at radius 1 is 1.15 bits per heavy atom. The molecule has 0 fully saturated rings. The van der Waals surface area contributed by atoms with Gasteiger partial charge in [0.25, 0.3) is 5.69 Å². The minimum absolute atomic E-state index is 0.0266. The van der Waals surface area contributed by atoms with E-state index >= 15 is 0 Å². The predicted molar refractivity (Wildman–Crippen MR) is 96.1 cm³/mol. The number of carbonyl (C=O) groups is 1. The largest absolute Gasteiger partial charge is 0.326 e. The molecular formula is C18H14N6O3. The van der Waals surface area contributed by atoms with Crippen LogP contribution < -0.4 is 5.32 Å². The molecule has 2 heterocycles. The Morgan fingerprint density at radius 2 is 1.85 bits per heavy atom. The smallest absolute Gasteiger partial charge is 0.269 e. The first-order valence-electron chi connectivity index (χ1n) is 8.16. The zero-order valence-corrected chi connectivity index (χ0v) is 14.2. The number of rotatable bonds is 4. The Balaban J connectivity index is 1.85. The van der Waals surface area contributed by atoms with Gasteiger partial charge in [-0.2, -0.15) is 4.68 Å². The van der Waals surface area contributed by atoms with Gasteiger partial charge in [-0.3, -0.25) is 14.9 Å². The van der Waals surface area contributed by atoms with Gasteiger partial charge in [0.15, 0.2) is 5.78 Å². The second-order valence-electron chi connectivity index (χ2n) is 6.06. The summed E-state index contributed by atoms with van der Waals surface area (Å²) in [6, 6.07) is 14.4. The summed E-state index contributed by atoms with van der Waals surface area (Å²) in [5, 5.41) is 25.6. The molecular weight excluding hydrogens is 348 g/mol. The molecule has 1 unspecified atom stereocenters. The number of nitrogens with zero attached hydrogens (tertiary/aromatic N) is 5. The van der Waals surface area contributed by atoms with E-state index in [2.05, 4.69) is 20.8 Å². The monoisotopic (exact) mass is 362 g/mol. The summed E-state index contributed by atoms with van der Waals surface area (Å²) in [7, 11) is 0. The molecule has 1 aliphatic heterocycles. The molecule has 0 spiro atoms. The fraction of sp³-hybridized carbons (Fsp3) is 0.111. The first-order chi connectivity index (χ1) is 13.1. The number of tetrazole rings is 1. The summed E-state index contributed by atoms with van der Waals surface area (Å²) in [6.45, 7) is 1.78. The van der Waals surface area contributed by atoms with Gasteiger partial charge in [0.1, 0.15) is 6.04 Å². The number of anilines is 1. The summed E-state index contributed by atoms with van der Waals surface area (Å²) in [5.41, 5.74) is 2.30. The maximum Gasteiger partial charge on any atom is 0.269 e. The molecule has 9 heteroatoms. The molecule has 0 radical (unpaired) electrons. The minimum Gasteiger partial charge on any atom is -0.326 e. The fourth-order valence-electron chi connectivity index (χ4n) is 3.14. The lowest BCUT2D eigenvalue weighted by molar-refractivity contribution is -0.384. The lowest BCUT2D eigenvalue weighted by atomic mass is 9.90. The van der Waals surface area contributed by atoms with Crippen LogP contribution in [0.3, 0.4) is 0 Å². The molecule has 0 amide bonds. The molecule has 2 aromatic carbocycles. The topological polar surface area (TPSA) is 116 Å². The molecule has 134 valence electrons. The molecule has 1 aromatic heterocycles. The number of hydrogen-bond donors (Lipinski definition) is 1. The zero-order chi connectivity index (χ0) is 19.0. The second kappa shape index (κ2) is 6.45. The van der Waals surface area contributed by atoms with Gasteiger partial charge in [0.05, 0.1) is 4.92 Å². The van der Waals surface area contributed by atoms with Gasteiger partial charge in [0.2, 0.25) is 5.95 Å². The predicted octanol–water partition coefficient (Wildman–Crippen LogP) is 2.75. The number of benzene rings is 2. The average molecular weight is 362 g/mol. The van der Waals surface area contributed by atoms with Crippen LogP contribution in [0, 0.1) is 10.1 Å². The van der Waals surface area contributed by atoms with Crippen LogP contribution in [-0.2, 0) is 0 Å². The standard InChI is InChI=1S/C18H14N6O3/c1-11-15(17(25)13-5-3-2-4-6-13)16(23-18(19-11)20-21-22-23)12-7-9-14(10-8-12)24(26)27/h2-10,16H,1H3,(H,19,20,22). The molecule has 1 atom stereocenters. The van der Waals surface area contributed by atoms with Crippen molar-refractivity contribution in [1.29, 1.82) is 0 Å². The normalized spacial score (nSPS) is 15.8. The first-order valence-corrected chi connectivity index (χ1v) is 8.16. The van der Waals surface area contributed by atoms with Crippen LogP contribution >= 0.6 is 0 Å². The van der Waals surface area contributed by atoms with Crippen LogP contribution in [0.4, 0.5) is 11.6 Å². The second-order valence-corrected chi connectivity index (χ2v) is 6.06. The number of allylic oxidation sites excluding steroid dienone is 2. The highest BCUT2D eigenvalue weighted by Gasteiger charge is 2.34. The number of Topliss-reactive ketones (excluding diaryl/α,β-unsaturated/α-hetero) is 1. The van der Waals surface area contributed by atoms with Crippen LogP contribution in [0.1, 0.15) is 28.9 Å². The van der Waals surface area contributed by atoms with E-state index in [9.17, 15) is 14.9 Å². The van der Waals surface area contributed by atoms with Crippen molar-refractivity contribution in [2.24, 2.45) is 0 Å². The number of nitrogens with one attached hydrogen (secondary N) is 1. The van der Waals surface area contributed by atoms with E-state index in [4.69, 9.17) is 0 Å². The number of hydrogen-bond acceptors (Lipinski definition) is 7. The van der Waals surface area contributed by atoms with E-state index in [1.54, 1.807) is 43.3 Å². The summed E-state index contributed by atoms with van der Waals surface area (Å²) in [5.74, 6) is 0.241. The van der Waals surface area contributed by atoms with Gasteiger partial charge in [-0.15, -0.1) is 0 Å². The first kappa shape index (κ1) is 16.6. The van der Waals surface area contributed by atoms with Crippen molar-refractivity contribution < 1.29 is 9.72 Å². The fourth-order valence-corrected chi connectivity index (χ4v) is 3.14. The van der Waals surface area contributed by atoms with Crippen LogP contribution in [0.15, 0.2) is 65.9 Å². The summed E-state index contributed by atoms with van der Waals surface area (Å²) in [6.07, 6.45) is 0. The van der Waals surface area contributed by atoms with Crippen LogP contribution in [0.25, 0.3) is 0 Å². The number of nitro groups is 1. The molecule has 4 rings (SSSR count). The quantitative estimate of drug-likeness (QED) is 0.431. The third-order valence-electron chi connectivity index (χ3n) is 4.41. The Morgan fingerprint density at radius 3 is 2.52 bits per heavy atom. The maximum absolute atomic E-state index is 13.2. The zero-order valence-electron chi connectivity index (χ0n) is 14.2. The van der Waals surface area contributed by atoms with Crippen molar-refractivity contribution in [3.05, 3.63) is 87.1 Å². The summed E-state index contributed by atoms with van der Waals surface area (Å²) in [4.78, 5) is 23.7. The third kappa shape index (κ3) is 2.84. The molecule has 0 saturated heterocycles. The van der Waals surface area contributed by atoms with Crippen molar-refractivity contribution >= 4 is 17.4 Å². The highest BCUT2D eigenvalue weighted by atomic mass is 16.6. The molecule has 9 nitrogen and oxygen atoms in total. The van der Waals surface area contributed by atoms with Crippen molar-refractivity contribution in [1.82, 2.24) is 20.2 Å². The molecule has 27 heavy (non-hydrogen) atoms. The SMILES string of the molecule is CC1=C(C(=O)c2ccccc2)C(c2ccc([N+](=O)[O-])cc2)n2nnnc2N1. The van der Waals surface area contributed by atoms with Crippen molar-refractivity contribution in [2.45, 2.75) is 13.0 Å². The molecule has 0 bridgehead atoms. The molecule has 1 N–H and O–H groups in total. The van der Waals surface area contributed by atoms with E-state index in [1.165, 1.54) is 16.8 Å². The molecule has 0 aliphatic carbocycles. The maximum atomic E-state index is 13.2. The highest BCUT2D eigenvalue weighted by Crippen LogP contribution is 2.36. The summed E-state index contributed by atoms with van der Waals surface area (Å²) < 4.78 is 1.50. The van der Waals surface area contributed by atoms with Crippen molar-refractivity contribution in [3.63, 3.8) is 0 Å². The highest BCUT2D eigenvalue weighted by molar-refractivity contribution is 6.10. The molecule has 0 saturated carbocycles. The summed E-state index contributed by atoms with van der Waals surface area (Å²) >= 11 is 0. The number of carbonyl (C=O) groups excluding carboxylic acids is 1. The van der Waals surface area contributed by atoms with Gasteiger partial charge in [-0.1, -0.05) is 35.4 Å². The minimum atomic E-state index is -0.593. The molecule has 3 aromatic rings. The van der Waals surface area contributed by atoms with Gasteiger partial charge in [-0.05, 0) is 35.0 Å². The van der Waals surface area contributed by atoms with E-state index < -0.39 is 11.0 Å². The number of nitro benzene ring substituents is 1. The Labute approximate surface area is 153 Å². The van der Waals surface area contributed by atoms with Crippen LogP contribution in [0.2, 0.25) is 0 Å². The van der Waals surface area contributed by atoms with E-state index in [-0.39, 0.29) is 11.5 Å². The van der Waals surface area contributed by atoms with Gasteiger partial charge < -0.3 is 5.32 Å². The van der Waals surface area contributed by atoms with Gasteiger partial charge in [-0.25, -0.2) is 0 Å². The Kier molecular flexibility index (Phi) is 3.96. The van der Waals surface area contributed by atoms with Crippen LogP contribution in [0.5, 0.6) is 0 Å². The number of aromatic nitrogens is 4. The average Bonchev–Trinajstić information content (AvgIpc) is 3.15. The van der Waals surface area contributed by atoms with Gasteiger partial charge in [0, 0.05) is 29.0 Å². The molecule has 1 aliphatic rings. The van der Waals surface area contributed by atoms with Crippen LogP contribution in [-0.4, -0.2) is 30.9 Å². The number of non-ortho nitro benzene ring substituents is 1. The van der Waals surface area contributed by atoms with E-state index in [0.717, 1.165) is 0 Å². The van der Waals surface area contributed by atoms with E-state index in [1.807, 2.05) is 6.07 Å².